The molecular formula is C15H15FN6O2. The van der Waals surface area contributed by atoms with Gasteiger partial charge in [0.05, 0.1) is 5.69 Å². The Bertz CT molecular complexity index is 966. The fraction of sp³-hybridized carbons (Fsp3) is 0.267. The Hall–Kier alpha value is -2.94. The number of nitrogens with zero attached hydrogens (tertiary/aromatic N) is 4. The van der Waals surface area contributed by atoms with Crippen LogP contribution in [-0.4, -0.2) is 37.6 Å². The molecule has 0 spiro atoms. The Morgan fingerprint density at radius 2 is 2.25 bits per heavy atom. The van der Waals surface area contributed by atoms with Gasteiger partial charge in [0.1, 0.15) is 6.61 Å². The molecule has 8 nitrogen and oxygen atoms in total. The fourth-order valence-electron chi connectivity index (χ4n) is 2.83. The number of anilines is 1. The number of aromatic amines is 1. The van der Waals surface area contributed by atoms with E-state index in [4.69, 9.17) is 10.5 Å². The number of fused-ring (bicyclic) bond motifs is 2. The van der Waals surface area contributed by atoms with Crippen molar-refractivity contribution in [1.82, 2.24) is 24.5 Å². The minimum atomic E-state index is -0.362. The van der Waals surface area contributed by atoms with Gasteiger partial charge < -0.3 is 10.5 Å². The van der Waals surface area contributed by atoms with Crippen LogP contribution in [0, 0.1) is 5.82 Å². The van der Waals surface area contributed by atoms with E-state index >= 15 is 0 Å². The summed E-state index contributed by atoms with van der Waals surface area (Å²) >= 11 is 0. The Morgan fingerprint density at radius 3 is 3.12 bits per heavy atom. The highest BCUT2D eigenvalue weighted by atomic mass is 19.1. The van der Waals surface area contributed by atoms with Gasteiger partial charge in [-0.3, -0.25) is 14.8 Å². The van der Waals surface area contributed by atoms with Gasteiger partial charge in [0, 0.05) is 31.3 Å². The van der Waals surface area contributed by atoms with Crippen molar-refractivity contribution < 1.29 is 9.13 Å². The molecule has 0 saturated heterocycles. The van der Waals surface area contributed by atoms with Crippen LogP contribution in [0.25, 0.3) is 5.78 Å². The van der Waals surface area contributed by atoms with Crippen LogP contribution in [0.3, 0.4) is 0 Å². The SMILES string of the molecule is Nc1nc2nc(CN3CCOc4c(F)cccc4C3)cc(=O)n2[nH]1. The van der Waals surface area contributed by atoms with Crippen LogP contribution in [-0.2, 0) is 13.1 Å². The number of nitrogens with one attached hydrogen (secondary N) is 1. The summed E-state index contributed by atoms with van der Waals surface area (Å²) in [5, 5.41) is 2.62. The largest absolute Gasteiger partial charge is 0.489 e. The molecule has 124 valence electrons. The number of hydrogen-bond acceptors (Lipinski definition) is 6. The van der Waals surface area contributed by atoms with Crippen LogP contribution >= 0.6 is 0 Å². The standard InChI is InChI=1S/C15H15FN6O2/c16-11-3-1-2-9-7-21(4-5-24-13(9)11)8-10-6-12(23)22-15(18-10)19-14(17)20-22/h1-3,6H,4-5,7-8H2,(H3,17,18,19,20). The third-order valence-corrected chi connectivity index (χ3v) is 3.88. The molecule has 4 rings (SSSR count). The number of hydrogen-bond donors (Lipinski definition) is 2. The molecule has 0 atom stereocenters. The van der Waals surface area contributed by atoms with Crippen molar-refractivity contribution in [3.05, 3.63) is 51.7 Å². The fourth-order valence-corrected chi connectivity index (χ4v) is 2.83. The molecule has 3 heterocycles. The Labute approximate surface area is 135 Å². The van der Waals surface area contributed by atoms with Crippen LogP contribution in [0.1, 0.15) is 11.3 Å². The molecule has 0 radical (unpaired) electrons. The van der Waals surface area contributed by atoms with E-state index in [1.165, 1.54) is 16.6 Å². The van der Waals surface area contributed by atoms with Crippen LogP contribution in [0.4, 0.5) is 10.3 Å². The molecule has 0 aliphatic carbocycles. The van der Waals surface area contributed by atoms with E-state index in [-0.39, 0.29) is 23.1 Å². The lowest BCUT2D eigenvalue weighted by molar-refractivity contribution is 0.215. The van der Waals surface area contributed by atoms with E-state index in [0.717, 1.165) is 5.56 Å². The van der Waals surface area contributed by atoms with Gasteiger partial charge in [0.15, 0.2) is 11.6 Å². The van der Waals surface area contributed by atoms with Gasteiger partial charge in [0.25, 0.3) is 11.3 Å². The van der Waals surface area contributed by atoms with E-state index in [9.17, 15) is 9.18 Å². The summed E-state index contributed by atoms with van der Waals surface area (Å²) in [6, 6.07) is 6.30. The zero-order valence-electron chi connectivity index (χ0n) is 12.7. The lowest BCUT2D eigenvalue weighted by Gasteiger charge is -2.18. The molecule has 1 aliphatic rings. The first-order valence-electron chi connectivity index (χ1n) is 7.47. The molecule has 3 aromatic rings. The molecule has 0 fully saturated rings. The normalized spacial score (nSPS) is 15.0. The highest BCUT2D eigenvalue weighted by Crippen LogP contribution is 2.26. The topological polar surface area (TPSA) is 102 Å². The van der Waals surface area contributed by atoms with Gasteiger partial charge in [-0.25, -0.2) is 9.37 Å². The number of benzene rings is 1. The number of H-pyrrole nitrogens is 1. The van der Waals surface area contributed by atoms with Crippen molar-refractivity contribution in [1.29, 1.82) is 0 Å². The first kappa shape index (κ1) is 14.6. The number of rotatable bonds is 2. The minimum Gasteiger partial charge on any atom is -0.489 e. The highest BCUT2D eigenvalue weighted by molar-refractivity contribution is 5.36. The second-order valence-electron chi connectivity index (χ2n) is 5.62. The lowest BCUT2D eigenvalue weighted by atomic mass is 10.2. The van der Waals surface area contributed by atoms with E-state index in [1.807, 2.05) is 11.0 Å². The van der Waals surface area contributed by atoms with Gasteiger partial charge in [-0.15, -0.1) is 0 Å². The number of halogens is 1. The number of nitrogens with two attached hydrogens (primary N) is 1. The number of para-hydroxylation sites is 1. The maximum absolute atomic E-state index is 13.8. The average Bonchev–Trinajstić information content (AvgIpc) is 2.78. The van der Waals surface area contributed by atoms with Crippen molar-refractivity contribution >= 4 is 11.7 Å². The molecular weight excluding hydrogens is 315 g/mol. The third-order valence-electron chi connectivity index (χ3n) is 3.88. The number of ether oxygens (including phenoxy) is 1. The smallest absolute Gasteiger partial charge is 0.274 e. The molecule has 0 amide bonds. The zero-order chi connectivity index (χ0) is 16.7. The summed E-state index contributed by atoms with van der Waals surface area (Å²) in [5.74, 6) is 0.291. The van der Waals surface area contributed by atoms with Crippen LogP contribution in [0.2, 0.25) is 0 Å². The van der Waals surface area contributed by atoms with Crippen molar-refractivity contribution in [3.8, 4) is 5.75 Å². The molecule has 0 bridgehead atoms. The van der Waals surface area contributed by atoms with Crippen LogP contribution < -0.4 is 16.0 Å². The summed E-state index contributed by atoms with van der Waals surface area (Å²) in [7, 11) is 0. The zero-order valence-corrected chi connectivity index (χ0v) is 12.7. The predicted molar refractivity (Wildman–Crippen MR) is 84.0 cm³/mol. The van der Waals surface area contributed by atoms with E-state index in [0.29, 0.717) is 37.7 Å². The van der Waals surface area contributed by atoms with Crippen LogP contribution in [0.15, 0.2) is 29.1 Å². The second kappa shape index (κ2) is 5.60. The van der Waals surface area contributed by atoms with E-state index < -0.39 is 0 Å². The first-order chi connectivity index (χ1) is 11.6. The summed E-state index contributed by atoms with van der Waals surface area (Å²) in [6.07, 6.45) is 0. The molecule has 1 aliphatic heterocycles. The van der Waals surface area contributed by atoms with Crippen molar-refractivity contribution in [2.75, 3.05) is 18.9 Å². The summed E-state index contributed by atoms with van der Waals surface area (Å²) < 4.78 is 20.5. The van der Waals surface area contributed by atoms with Gasteiger partial charge in [-0.2, -0.15) is 9.50 Å². The maximum Gasteiger partial charge on any atom is 0.274 e. The number of nitrogen functional groups attached to an aromatic ring is 1. The molecule has 9 heteroatoms. The molecule has 1 aromatic carbocycles. The monoisotopic (exact) mass is 330 g/mol. The quantitative estimate of drug-likeness (QED) is 0.711. The van der Waals surface area contributed by atoms with E-state index in [1.54, 1.807) is 6.07 Å². The lowest BCUT2D eigenvalue weighted by Crippen LogP contribution is -2.27. The van der Waals surface area contributed by atoms with Gasteiger partial charge in [-0.05, 0) is 6.07 Å². The maximum atomic E-state index is 13.8. The highest BCUT2D eigenvalue weighted by Gasteiger charge is 2.19. The molecule has 0 saturated carbocycles. The first-order valence-corrected chi connectivity index (χ1v) is 7.47. The Morgan fingerprint density at radius 1 is 1.38 bits per heavy atom. The molecule has 2 aromatic heterocycles. The van der Waals surface area contributed by atoms with E-state index in [2.05, 4.69) is 15.1 Å². The predicted octanol–water partition coefficient (Wildman–Crippen LogP) is 0.533. The van der Waals surface area contributed by atoms with Crippen molar-refractivity contribution in [2.24, 2.45) is 0 Å². The van der Waals surface area contributed by atoms with Gasteiger partial charge in [0.2, 0.25) is 5.95 Å². The molecule has 24 heavy (non-hydrogen) atoms. The van der Waals surface area contributed by atoms with Crippen LogP contribution in [0.5, 0.6) is 5.75 Å². The summed E-state index contributed by atoms with van der Waals surface area (Å²) in [5.41, 5.74) is 6.62. The Balaban J connectivity index is 1.62. The molecule has 3 N–H and O–H groups in total. The van der Waals surface area contributed by atoms with Crippen molar-refractivity contribution in [2.45, 2.75) is 13.1 Å². The minimum absolute atomic E-state index is 0.129. The number of aromatic nitrogens is 4. The molecule has 0 unspecified atom stereocenters. The summed E-state index contributed by atoms with van der Waals surface area (Å²) in [6.45, 7) is 1.90. The Kier molecular flexibility index (Phi) is 3.42. The third kappa shape index (κ3) is 2.58. The average molecular weight is 330 g/mol. The van der Waals surface area contributed by atoms with Gasteiger partial charge >= 0.3 is 0 Å². The van der Waals surface area contributed by atoms with Gasteiger partial charge in [-0.1, -0.05) is 12.1 Å². The van der Waals surface area contributed by atoms with Crippen molar-refractivity contribution in [3.63, 3.8) is 0 Å². The summed E-state index contributed by atoms with van der Waals surface area (Å²) in [4.78, 5) is 22.4. The second-order valence-corrected chi connectivity index (χ2v) is 5.62.